The highest BCUT2D eigenvalue weighted by Gasteiger charge is 2.29. The summed E-state index contributed by atoms with van der Waals surface area (Å²) in [5, 5.41) is 9.13. The van der Waals surface area contributed by atoms with Gasteiger partial charge in [0, 0.05) is 39.8 Å². The summed E-state index contributed by atoms with van der Waals surface area (Å²) in [6, 6.07) is 0.169. The van der Waals surface area contributed by atoms with Gasteiger partial charge in [-0.3, -0.25) is 9.79 Å². The average molecular weight is 362 g/mol. The van der Waals surface area contributed by atoms with Crippen molar-refractivity contribution in [1.29, 1.82) is 0 Å². The number of nitrogens with one attached hydrogen (secondary N) is 3. The number of hydrogen-bond acceptors (Lipinski definition) is 4. The van der Waals surface area contributed by atoms with E-state index in [1.54, 1.807) is 25.3 Å². The van der Waals surface area contributed by atoms with E-state index >= 15 is 0 Å². The van der Waals surface area contributed by atoms with Crippen molar-refractivity contribution in [2.75, 3.05) is 39.5 Å². The Morgan fingerprint density at radius 1 is 1.29 bits per heavy atom. The van der Waals surface area contributed by atoms with Crippen molar-refractivity contribution >= 4 is 21.9 Å². The minimum atomic E-state index is -3.11. The number of nitrogens with zero attached hydrogens (tertiary/aromatic N) is 2. The molecule has 24 heavy (non-hydrogen) atoms. The Morgan fingerprint density at radius 2 is 1.88 bits per heavy atom. The number of carbonyl (C=O) groups excluding carboxylic acids is 1. The molecule has 0 aromatic heterocycles. The van der Waals surface area contributed by atoms with Gasteiger partial charge >= 0.3 is 0 Å². The van der Waals surface area contributed by atoms with E-state index in [0.717, 1.165) is 12.8 Å². The van der Waals surface area contributed by atoms with Crippen LogP contribution in [0.15, 0.2) is 4.99 Å². The van der Waals surface area contributed by atoms with E-state index in [4.69, 9.17) is 0 Å². The molecule has 3 N–H and O–H groups in total. The lowest BCUT2D eigenvalue weighted by atomic mass is 9.92. The van der Waals surface area contributed by atoms with E-state index in [1.165, 1.54) is 0 Å². The van der Waals surface area contributed by atoms with Crippen molar-refractivity contribution in [2.45, 2.75) is 39.7 Å². The Morgan fingerprint density at radius 3 is 2.33 bits per heavy atom. The number of rotatable bonds is 6. The van der Waals surface area contributed by atoms with Gasteiger partial charge in [0.1, 0.15) is 0 Å². The van der Waals surface area contributed by atoms with Gasteiger partial charge in [0.05, 0.1) is 11.2 Å². The maximum atomic E-state index is 11.9. The van der Waals surface area contributed by atoms with Crippen molar-refractivity contribution in [1.82, 2.24) is 20.3 Å². The first-order chi connectivity index (χ1) is 11.2. The summed E-state index contributed by atoms with van der Waals surface area (Å²) in [4.78, 5) is 16.0. The van der Waals surface area contributed by atoms with E-state index in [9.17, 15) is 13.2 Å². The molecule has 0 bridgehead atoms. The van der Waals surface area contributed by atoms with E-state index in [1.807, 2.05) is 13.8 Å². The quantitative estimate of drug-likeness (QED) is 0.447. The second kappa shape index (κ2) is 8.66. The maximum absolute atomic E-state index is 11.9. The molecule has 9 heteroatoms. The molecular weight excluding hydrogens is 330 g/mol. The Balaban J connectivity index is 2.50. The molecule has 140 valence electrons. The largest absolute Gasteiger partial charge is 0.359 e. The number of hydrogen-bond donors (Lipinski definition) is 3. The van der Waals surface area contributed by atoms with Crippen LogP contribution in [0.2, 0.25) is 0 Å². The molecule has 1 amide bonds. The van der Waals surface area contributed by atoms with Gasteiger partial charge < -0.3 is 16.0 Å². The predicted octanol–water partition coefficient (Wildman–Crippen LogP) is -0.262. The first-order valence-electron chi connectivity index (χ1n) is 8.33. The predicted molar refractivity (Wildman–Crippen MR) is 96.4 cm³/mol. The fraction of sp³-hybridized carbons (Fsp3) is 0.867. The zero-order chi connectivity index (χ0) is 18.4. The Hall–Kier alpha value is -1.35. The molecular formula is C15H31N5O3S. The van der Waals surface area contributed by atoms with Gasteiger partial charge in [0.15, 0.2) is 5.96 Å². The standard InChI is InChI=1S/C15H31N5O3S/c1-6-24(22,23)20-9-7-12(8-10-20)19-14(17-5)18-11-15(2,3)13(21)16-4/h12H,6-11H2,1-5H3,(H,16,21)(H2,17,18,19). The number of aliphatic imine (C=N–C) groups is 1. The van der Waals surface area contributed by atoms with Gasteiger partial charge in [-0.1, -0.05) is 0 Å². The van der Waals surface area contributed by atoms with Crippen molar-refractivity contribution in [3.63, 3.8) is 0 Å². The third kappa shape index (κ3) is 5.62. The number of carbonyl (C=O) groups is 1. The van der Waals surface area contributed by atoms with Crippen LogP contribution in [-0.2, 0) is 14.8 Å². The molecule has 1 aliphatic rings. The zero-order valence-electron chi connectivity index (χ0n) is 15.3. The van der Waals surface area contributed by atoms with E-state index in [2.05, 4.69) is 20.9 Å². The van der Waals surface area contributed by atoms with Crippen molar-refractivity contribution < 1.29 is 13.2 Å². The maximum Gasteiger partial charge on any atom is 0.227 e. The number of piperidine rings is 1. The monoisotopic (exact) mass is 361 g/mol. The summed E-state index contributed by atoms with van der Waals surface area (Å²) in [6.07, 6.45) is 1.47. The lowest BCUT2D eigenvalue weighted by Gasteiger charge is -2.32. The lowest BCUT2D eigenvalue weighted by Crippen LogP contribution is -2.52. The van der Waals surface area contributed by atoms with Gasteiger partial charge in [-0.15, -0.1) is 0 Å². The van der Waals surface area contributed by atoms with Gasteiger partial charge in [0.25, 0.3) is 0 Å². The molecule has 0 radical (unpaired) electrons. The summed E-state index contributed by atoms with van der Waals surface area (Å²) in [7, 11) is 0.194. The molecule has 0 atom stereocenters. The Labute approximate surface area is 145 Å². The summed E-state index contributed by atoms with van der Waals surface area (Å²) in [5.74, 6) is 0.732. The van der Waals surface area contributed by atoms with Crippen LogP contribution >= 0.6 is 0 Å². The molecule has 0 unspecified atom stereocenters. The van der Waals surface area contributed by atoms with Crippen LogP contribution in [-0.4, -0.2) is 70.1 Å². The van der Waals surface area contributed by atoms with E-state index in [-0.39, 0.29) is 17.7 Å². The first-order valence-corrected chi connectivity index (χ1v) is 9.94. The molecule has 1 heterocycles. The summed E-state index contributed by atoms with van der Waals surface area (Å²) >= 11 is 0. The van der Waals surface area contributed by atoms with Crippen LogP contribution in [0.1, 0.15) is 33.6 Å². The van der Waals surface area contributed by atoms with Crippen LogP contribution < -0.4 is 16.0 Å². The van der Waals surface area contributed by atoms with Crippen molar-refractivity contribution in [3.05, 3.63) is 0 Å². The summed E-state index contributed by atoms with van der Waals surface area (Å²) < 4.78 is 25.3. The minimum absolute atomic E-state index is 0.0384. The topological polar surface area (TPSA) is 103 Å². The molecule has 0 spiro atoms. The van der Waals surface area contributed by atoms with Crippen LogP contribution in [0.25, 0.3) is 0 Å². The highest BCUT2D eigenvalue weighted by Crippen LogP contribution is 2.15. The molecule has 0 aromatic rings. The van der Waals surface area contributed by atoms with Gasteiger partial charge in [-0.05, 0) is 33.6 Å². The second-order valence-electron chi connectivity index (χ2n) is 6.61. The van der Waals surface area contributed by atoms with Crippen LogP contribution in [0.4, 0.5) is 0 Å². The normalized spacial score (nSPS) is 18.3. The van der Waals surface area contributed by atoms with Crippen molar-refractivity contribution in [2.24, 2.45) is 10.4 Å². The number of amides is 1. The summed E-state index contributed by atoms with van der Waals surface area (Å²) in [6.45, 7) is 6.89. The van der Waals surface area contributed by atoms with Gasteiger partial charge in [-0.2, -0.15) is 0 Å². The molecule has 0 saturated carbocycles. The van der Waals surface area contributed by atoms with E-state index in [0.29, 0.717) is 25.6 Å². The van der Waals surface area contributed by atoms with Gasteiger partial charge in [0.2, 0.25) is 15.9 Å². The fourth-order valence-electron chi connectivity index (χ4n) is 2.57. The Kier molecular flexibility index (Phi) is 7.47. The van der Waals surface area contributed by atoms with Crippen LogP contribution in [0.5, 0.6) is 0 Å². The molecule has 1 fully saturated rings. The lowest BCUT2D eigenvalue weighted by molar-refractivity contribution is -0.128. The third-order valence-electron chi connectivity index (χ3n) is 4.32. The smallest absolute Gasteiger partial charge is 0.227 e. The van der Waals surface area contributed by atoms with Crippen molar-refractivity contribution in [3.8, 4) is 0 Å². The van der Waals surface area contributed by atoms with Crippen LogP contribution in [0.3, 0.4) is 0 Å². The zero-order valence-corrected chi connectivity index (χ0v) is 16.2. The number of guanidine groups is 1. The third-order valence-corrected chi connectivity index (χ3v) is 6.20. The second-order valence-corrected chi connectivity index (χ2v) is 8.86. The fourth-order valence-corrected chi connectivity index (χ4v) is 3.70. The minimum Gasteiger partial charge on any atom is -0.359 e. The first kappa shape index (κ1) is 20.7. The Bertz CT molecular complexity index is 551. The molecule has 8 nitrogen and oxygen atoms in total. The summed E-state index contributed by atoms with van der Waals surface area (Å²) in [5.41, 5.74) is -0.551. The SMILES string of the molecule is CCS(=O)(=O)N1CCC(NC(=NC)NCC(C)(C)C(=O)NC)CC1. The van der Waals surface area contributed by atoms with Crippen LogP contribution in [0, 0.1) is 5.41 Å². The molecule has 0 aromatic carbocycles. The number of sulfonamides is 1. The van der Waals surface area contributed by atoms with Gasteiger partial charge in [-0.25, -0.2) is 12.7 Å². The van der Waals surface area contributed by atoms with E-state index < -0.39 is 15.4 Å². The highest BCUT2D eigenvalue weighted by atomic mass is 32.2. The average Bonchev–Trinajstić information content (AvgIpc) is 2.58. The molecule has 1 rings (SSSR count). The highest BCUT2D eigenvalue weighted by molar-refractivity contribution is 7.89. The molecule has 0 aliphatic carbocycles. The molecule has 1 aliphatic heterocycles. The molecule has 1 saturated heterocycles.